The summed E-state index contributed by atoms with van der Waals surface area (Å²) in [5, 5.41) is 6.16. The molecule has 41 heavy (non-hydrogen) atoms. The molecule has 0 aliphatic carbocycles. The summed E-state index contributed by atoms with van der Waals surface area (Å²) in [6.45, 7) is 6.33. The van der Waals surface area contributed by atoms with Gasteiger partial charge in [-0.1, -0.05) is 19.9 Å². The standard InChI is InChI=1S/C16H20F2N2O3.C13H16N2O3/c1-3-15(4-2)12-11(16(8-22-9-16)20-13(15)21)6-5-10(19-12)7-23-14(17)18;1-12(2)10-8(4-5-9(14-10)17-3)13(6-18-7-13)15-11(12)16/h5-6,14H,3-4,7-9H2,1-2H3,(H,20,21);4-5H,6-7H2,1-3H3,(H,15,16). The van der Waals surface area contributed by atoms with Gasteiger partial charge in [0, 0.05) is 17.2 Å². The monoisotopic (exact) mass is 574 g/mol. The van der Waals surface area contributed by atoms with Gasteiger partial charge in [0.15, 0.2) is 0 Å². The Morgan fingerprint density at radius 2 is 1.44 bits per heavy atom. The van der Waals surface area contributed by atoms with Crippen LogP contribution in [-0.4, -0.2) is 61.9 Å². The van der Waals surface area contributed by atoms with Crippen LogP contribution in [0.1, 0.15) is 68.7 Å². The summed E-state index contributed by atoms with van der Waals surface area (Å²) in [5.74, 6) is 0.448. The van der Waals surface area contributed by atoms with Gasteiger partial charge in [-0.05, 0) is 38.8 Å². The van der Waals surface area contributed by atoms with E-state index in [9.17, 15) is 18.4 Å². The molecule has 2 aromatic heterocycles. The van der Waals surface area contributed by atoms with Crippen LogP contribution in [0.3, 0.4) is 0 Å². The Morgan fingerprint density at radius 1 is 0.878 bits per heavy atom. The summed E-state index contributed by atoms with van der Waals surface area (Å²) in [7, 11) is 1.58. The number of rotatable bonds is 6. The molecule has 0 unspecified atom stereocenters. The van der Waals surface area contributed by atoms with Gasteiger partial charge in [-0.15, -0.1) is 0 Å². The zero-order valence-electron chi connectivity index (χ0n) is 23.9. The molecule has 4 aliphatic rings. The summed E-state index contributed by atoms with van der Waals surface area (Å²) in [5.41, 5.74) is 1.52. The lowest BCUT2D eigenvalue weighted by Crippen LogP contribution is -2.67. The molecule has 0 atom stereocenters. The molecule has 4 aliphatic heterocycles. The second-order valence-corrected chi connectivity index (χ2v) is 11.5. The molecule has 2 aromatic rings. The van der Waals surface area contributed by atoms with E-state index in [-0.39, 0.29) is 24.0 Å². The topological polar surface area (TPSA) is 121 Å². The minimum atomic E-state index is -2.84. The lowest BCUT2D eigenvalue weighted by atomic mass is 9.68. The van der Waals surface area contributed by atoms with E-state index in [0.29, 0.717) is 56.5 Å². The number of carbonyl (C=O) groups is 2. The summed E-state index contributed by atoms with van der Waals surface area (Å²) >= 11 is 0. The number of nitrogens with zero attached hydrogens (tertiary/aromatic N) is 2. The first kappa shape index (κ1) is 29.3. The highest BCUT2D eigenvalue weighted by Gasteiger charge is 2.55. The van der Waals surface area contributed by atoms with Gasteiger partial charge >= 0.3 is 6.61 Å². The largest absolute Gasteiger partial charge is 0.481 e. The van der Waals surface area contributed by atoms with Crippen LogP contribution in [0, 0.1) is 0 Å². The van der Waals surface area contributed by atoms with Crippen LogP contribution >= 0.6 is 0 Å². The van der Waals surface area contributed by atoms with E-state index in [2.05, 4.69) is 25.3 Å². The predicted molar refractivity (Wildman–Crippen MR) is 142 cm³/mol. The van der Waals surface area contributed by atoms with Crippen LogP contribution in [-0.2, 0) is 52.3 Å². The highest BCUT2D eigenvalue weighted by atomic mass is 19.3. The van der Waals surface area contributed by atoms with Crippen LogP contribution in [0.5, 0.6) is 5.88 Å². The number of hydrogen-bond donors (Lipinski definition) is 2. The average molecular weight is 575 g/mol. The first-order chi connectivity index (χ1) is 19.5. The van der Waals surface area contributed by atoms with E-state index in [0.717, 1.165) is 16.8 Å². The molecule has 222 valence electrons. The lowest BCUT2D eigenvalue weighted by Gasteiger charge is -2.50. The van der Waals surface area contributed by atoms with Crippen LogP contribution in [0.15, 0.2) is 24.3 Å². The van der Waals surface area contributed by atoms with Crippen molar-refractivity contribution in [2.24, 2.45) is 0 Å². The van der Waals surface area contributed by atoms with Crippen LogP contribution in [0.4, 0.5) is 8.78 Å². The van der Waals surface area contributed by atoms with Gasteiger partial charge in [0.2, 0.25) is 17.7 Å². The number of carbonyl (C=O) groups excluding carboxylic acids is 2. The Bertz CT molecular complexity index is 1340. The number of hydrogen-bond acceptors (Lipinski definition) is 8. The molecule has 10 nitrogen and oxygen atoms in total. The number of nitrogens with one attached hydrogen (secondary N) is 2. The van der Waals surface area contributed by atoms with Gasteiger partial charge in [-0.25, -0.2) is 4.98 Å². The van der Waals surface area contributed by atoms with Crippen molar-refractivity contribution in [3.63, 3.8) is 0 Å². The zero-order chi connectivity index (χ0) is 29.6. The second-order valence-electron chi connectivity index (χ2n) is 11.5. The molecule has 2 fully saturated rings. The summed E-state index contributed by atoms with van der Waals surface area (Å²) < 4.78 is 44.6. The van der Waals surface area contributed by atoms with E-state index in [4.69, 9.17) is 14.2 Å². The van der Waals surface area contributed by atoms with Crippen LogP contribution in [0.2, 0.25) is 0 Å². The van der Waals surface area contributed by atoms with E-state index in [1.165, 1.54) is 0 Å². The Labute approximate surface area is 237 Å². The molecule has 2 amide bonds. The molecule has 0 bridgehead atoms. The Balaban J connectivity index is 0.000000169. The Hall–Kier alpha value is -3.22. The zero-order valence-corrected chi connectivity index (χ0v) is 23.9. The fourth-order valence-corrected chi connectivity index (χ4v) is 5.93. The molecule has 2 saturated heterocycles. The number of ether oxygens (including phenoxy) is 4. The van der Waals surface area contributed by atoms with E-state index in [1.54, 1.807) is 13.2 Å². The summed E-state index contributed by atoms with van der Waals surface area (Å²) in [4.78, 5) is 34.0. The predicted octanol–water partition coefficient (Wildman–Crippen LogP) is 2.96. The molecule has 2 spiro atoms. The average Bonchev–Trinajstić information content (AvgIpc) is 2.92. The minimum Gasteiger partial charge on any atom is -0.481 e. The minimum absolute atomic E-state index is 0.0148. The smallest absolute Gasteiger partial charge is 0.345 e. The third kappa shape index (κ3) is 4.65. The summed E-state index contributed by atoms with van der Waals surface area (Å²) in [6, 6.07) is 7.33. The maximum atomic E-state index is 12.8. The van der Waals surface area contributed by atoms with Gasteiger partial charge in [0.1, 0.15) is 11.1 Å². The lowest BCUT2D eigenvalue weighted by molar-refractivity contribution is -0.144. The van der Waals surface area contributed by atoms with Crippen LogP contribution in [0.25, 0.3) is 0 Å². The van der Waals surface area contributed by atoms with Crippen molar-refractivity contribution >= 4 is 11.8 Å². The normalized spacial score (nSPS) is 21.9. The SMILES string of the molecule is CCC1(CC)C(=O)NC2(COC2)c2ccc(COC(F)F)nc21.COc1ccc2c(n1)C(C)(C)C(=O)NC21COC1. The fourth-order valence-electron chi connectivity index (χ4n) is 5.93. The van der Waals surface area contributed by atoms with Crippen molar-refractivity contribution in [2.75, 3.05) is 33.5 Å². The number of fused-ring (bicyclic) bond motifs is 4. The fraction of sp³-hybridized carbons (Fsp3) is 0.586. The highest BCUT2D eigenvalue weighted by Crippen LogP contribution is 2.45. The molecule has 6 heterocycles. The molecule has 0 aromatic carbocycles. The van der Waals surface area contributed by atoms with Crippen LogP contribution < -0.4 is 15.4 Å². The quantitative estimate of drug-likeness (QED) is 0.541. The van der Waals surface area contributed by atoms with Crippen molar-refractivity contribution in [3.05, 3.63) is 52.5 Å². The van der Waals surface area contributed by atoms with Crippen molar-refractivity contribution in [2.45, 2.75) is 75.7 Å². The molecule has 0 saturated carbocycles. The van der Waals surface area contributed by atoms with Gasteiger partial charge in [-0.3, -0.25) is 14.6 Å². The van der Waals surface area contributed by atoms with Crippen molar-refractivity contribution in [3.8, 4) is 5.88 Å². The van der Waals surface area contributed by atoms with Crippen molar-refractivity contribution in [1.29, 1.82) is 0 Å². The molecule has 0 radical (unpaired) electrons. The summed E-state index contributed by atoms with van der Waals surface area (Å²) in [6.07, 6.45) is 1.18. The number of halogens is 2. The number of alkyl halides is 2. The number of methoxy groups -OCH3 is 1. The van der Waals surface area contributed by atoms with Gasteiger partial charge in [0.25, 0.3) is 0 Å². The van der Waals surface area contributed by atoms with E-state index < -0.39 is 23.0 Å². The van der Waals surface area contributed by atoms with Gasteiger partial charge in [0.05, 0.1) is 68.1 Å². The first-order valence-corrected chi connectivity index (χ1v) is 13.7. The Morgan fingerprint density at radius 3 is 1.95 bits per heavy atom. The molecular formula is C29H36F2N4O6. The number of aromatic nitrogens is 2. The maximum Gasteiger partial charge on any atom is 0.345 e. The number of amides is 2. The van der Waals surface area contributed by atoms with E-state index >= 15 is 0 Å². The molecular weight excluding hydrogens is 538 g/mol. The van der Waals surface area contributed by atoms with Gasteiger partial charge in [-0.2, -0.15) is 8.78 Å². The maximum absolute atomic E-state index is 12.8. The third-order valence-corrected chi connectivity index (χ3v) is 8.77. The van der Waals surface area contributed by atoms with Crippen molar-refractivity contribution in [1.82, 2.24) is 20.6 Å². The highest BCUT2D eigenvalue weighted by molar-refractivity contribution is 5.91. The first-order valence-electron chi connectivity index (χ1n) is 13.7. The molecule has 12 heteroatoms. The van der Waals surface area contributed by atoms with Crippen molar-refractivity contribution < 1.29 is 37.3 Å². The molecule has 6 rings (SSSR count). The second kappa shape index (κ2) is 10.6. The van der Waals surface area contributed by atoms with Gasteiger partial charge < -0.3 is 29.6 Å². The van der Waals surface area contributed by atoms with E-state index in [1.807, 2.05) is 45.9 Å². The molecule has 2 N–H and O–H groups in total. The third-order valence-electron chi connectivity index (χ3n) is 8.77. The number of pyridine rings is 2. The Kier molecular flexibility index (Phi) is 7.54.